The Hall–Kier alpha value is -3.72. The number of nitrogens with zero attached hydrogens (tertiary/aromatic N) is 2. The number of hydrogen-bond donors (Lipinski definition) is 8. The second-order valence-electron chi connectivity index (χ2n) is 5.90. The molecule has 0 aliphatic carbocycles. The molecule has 15 nitrogen and oxygen atoms in total. The number of nitrogens with one attached hydrogen (secondary N) is 2. The Morgan fingerprint density at radius 3 is 2.06 bits per heavy atom. The van der Waals surface area contributed by atoms with E-state index < -0.39 is 22.2 Å². The van der Waals surface area contributed by atoms with Gasteiger partial charge in [0.2, 0.25) is 0 Å². The number of benzene rings is 1. The van der Waals surface area contributed by atoms with Gasteiger partial charge in [-0.05, 0) is 38.2 Å². The molecule has 1 aromatic rings. The highest BCUT2D eigenvalue weighted by atomic mass is 16.9. The van der Waals surface area contributed by atoms with Crippen molar-refractivity contribution in [1.82, 2.24) is 5.32 Å². The molecule has 1 rings (SSSR count). The van der Waals surface area contributed by atoms with Crippen molar-refractivity contribution in [2.75, 3.05) is 6.54 Å². The van der Waals surface area contributed by atoms with Crippen LogP contribution in [0.5, 0.6) is 0 Å². The summed E-state index contributed by atoms with van der Waals surface area (Å²) in [6.07, 6.45) is 2.92. The molecule has 0 aliphatic rings. The van der Waals surface area contributed by atoms with E-state index in [1.165, 1.54) is 5.56 Å². The zero-order chi connectivity index (χ0) is 25.5. The van der Waals surface area contributed by atoms with Crippen molar-refractivity contribution < 1.29 is 30.5 Å². The monoisotopic (exact) mass is 450 g/mol. The molecular formula is C16H31N7O8. The van der Waals surface area contributed by atoms with Crippen LogP contribution in [-0.4, -0.2) is 56.3 Å². The molecule has 2 unspecified atom stereocenters. The zero-order valence-electron chi connectivity index (χ0n) is 18.0. The number of carboxylic acid groups (broad SMARTS) is 1. The van der Waals surface area contributed by atoms with Crippen LogP contribution in [0, 0.1) is 25.6 Å². The standard InChI is InChI=1S/C9H13N.C7H16N4O2.2HNO3/c1-8(10)7-9-5-3-2-4-6-9;8-5(6(12)13)3-1-2-4-11-7(9)10;2*2-1(3)4/h2-6,8H,7,10H2,1H3;5H,1-4,8H2,(H,12,13)(H4,9,10,11);2*(H,2,3,4)/i/hD. The Kier molecular flexibility index (Phi) is 20.0. The second-order valence-corrected chi connectivity index (χ2v) is 5.90. The first kappa shape index (κ1) is 29.5. The maximum atomic E-state index is 10.7. The molecular weight excluding hydrogens is 418 g/mol. The molecule has 0 aromatic heterocycles. The van der Waals surface area contributed by atoms with Gasteiger partial charge in [-0.1, -0.05) is 30.3 Å². The van der Waals surface area contributed by atoms with E-state index in [1.807, 2.05) is 25.1 Å². The first-order valence-corrected chi connectivity index (χ1v) is 8.79. The third-order valence-electron chi connectivity index (χ3n) is 2.96. The summed E-state index contributed by atoms with van der Waals surface area (Å²) >= 11 is 0. The van der Waals surface area contributed by atoms with Gasteiger partial charge in [0.25, 0.3) is 11.6 Å². The van der Waals surface area contributed by atoms with Gasteiger partial charge in [0, 0.05) is 12.6 Å². The Labute approximate surface area is 180 Å². The largest absolute Gasteiger partial charge is 0.480 e. The first-order valence-electron chi connectivity index (χ1n) is 9.20. The third kappa shape index (κ3) is 37.7. The Morgan fingerprint density at radius 2 is 1.68 bits per heavy atom. The molecule has 0 saturated carbocycles. The highest BCUT2D eigenvalue weighted by Gasteiger charge is 2.09. The van der Waals surface area contributed by atoms with Crippen molar-refractivity contribution in [3.8, 4) is 0 Å². The van der Waals surface area contributed by atoms with Gasteiger partial charge < -0.3 is 38.0 Å². The van der Waals surface area contributed by atoms with Crippen LogP contribution in [0.1, 0.15) is 31.7 Å². The molecule has 0 bridgehead atoms. The Balaban J connectivity index is -0.000000403. The number of unbranched alkanes of at least 4 members (excludes halogenated alkanes) is 1. The highest BCUT2D eigenvalue weighted by Crippen LogP contribution is 2.00. The molecule has 11 N–H and O–H groups in total. The van der Waals surface area contributed by atoms with Crippen molar-refractivity contribution in [2.24, 2.45) is 17.2 Å². The molecule has 15 heteroatoms. The van der Waals surface area contributed by atoms with E-state index in [4.69, 9.17) is 54.7 Å². The normalized spacial score (nSPS) is 11.1. The first-order chi connectivity index (χ1) is 14.8. The fourth-order valence-corrected chi connectivity index (χ4v) is 1.82. The van der Waals surface area contributed by atoms with E-state index in [0.717, 1.165) is 19.3 Å². The predicted octanol–water partition coefficient (Wildman–Crippen LogP) is -0.0674. The summed E-state index contributed by atoms with van der Waals surface area (Å²) in [6, 6.07) is 9.83. The topological polar surface area (TPSA) is 278 Å². The number of rotatable bonds is 8. The lowest BCUT2D eigenvalue weighted by Crippen LogP contribution is -2.32. The maximum absolute atomic E-state index is 10.7. The van der Waals surface area contributed by atoms with Gasteiger partial charge in [-0.2, -0.15) is 0 Å². The summed E-state index contributed by atoms with van der Waals surface area (Å²) < 4.78 is 6.33. The molecule has 178 valence electrons. The fraction of sp³-hybridized carbons (Fsp3) is 0.500. The lowest BCUT2D eigenvalue weighted by atomic mass is 10.1. The van der Waals surface area contributed by atoms with Crippen molar-refractivity contribution in [3.63, 3.8) is 0 Å². The van der Waals surface area contributed by atoms with Gasteiger partial charge in [0.05, 0.1) is 0 Å². The SMILES string of the molecule is CC(N)Cc1ccccc1.O=[N+]([O-])O.O=[N+]([O-])O.[2H]OC(=O)C(N)CCCCNC(=N)N. The van der Waals surface area contributed by atoms with E-state index in [2.05, 4.69) is 22.6 Å². The van der Waals surface area contributed by atoms with E-state index in [9.17, 15) is 4.79 Å². The number of nitrogens with two attached hydrogens (primary N) is 3. The minimum atomic E-state index is -1.50. The summed E-state index contributed by atoms with van der Waals surface area (Å²) in [5.74, 6) is -0.788. The predicted molar refractivity (Wildman–Crippen MR) is 111 cm³/mol. The number of hydrogen-bond acceptors (Lipinski definition) is 9. The van der Waals surface area contributed by atoms with Crippen molar-refractivity contribution in [2.45, 2.75) is 44.7 Å². The van der Waals surface area contributed by atoms with Crippen molar-refractivity contribution in [1.29, 1.82) is 6.84 Å². The van der Waals surface area contributed by atoms with E-state index in [-0.39, 0.29) is 12.0 Å². The molecule has 31 heavy (non-hydrogen) atoms. The number of aliphatic carboxylic acids is 1. The van der Waals surface area contributed by atoms with E-state index in [1.54, 1.807) is 0 Å². The quantitative estimate of drug-likeness (QED) is 0.0849. The van der Waals surface area contributed by atoms with Gasteiger partial charge in [0.1, 0.15) is 6.04 Å². The highest BCUT2D eigenvalue weighted by molar-refractivity contribution is 5.74. The van der Waals surface area contributed by atoms with Crippen LogP contribution in [0.25, 0.3) is 1.43 Å². The van der Waals surface area contributed by atoms with Crippen LogP contribution in [-0.2, 0) is 11.2 Å². The van der Waals surface area contributed by atoms with Crippen molar-refractivity contribution >= 4 is 11.9 Å². The van der Waals surface area contributed by atoms with Crippen LogP contribution in [0.4, 0.5) is 0 Å². The zero-order valence-corrected chi connectivity index (χ0v) is 17.0. The minimum Gasteiger partial charge on any atom is -0.480 e. The lowest BCUT2D eigenvalue weighted by Gasteiger charge is -2.06. The molecule has 0 radical (unpaired) electrons. The van der Waals surface area contributed by atoms with Gasteiger partial charge in [0.15, 0.2) is 5.96 Å². The van der Waals surface area contributed by atoms with Crippen LogP contribution in [0.3, 0.4) is 0 Å². The lowest BCUT2D eigenvalue weighted by molar-refractivity contribution is -0.742. The van der Waals surface area contributed by atoms with Gasteiger partial charge in [-0.3, -0.25) is 10.2 Å². The average molecular weight is 450 g/mol. The van der Waals surface area contributed by atoms with Crippen LogP contribution in [0.2, 0.25) is 0 Å². The number of guanidine groups is 1. The Morgan fingerprint density at radius 1 is 1.19 bits per heavy atom. The smallest absolute Gasteiger partial charge is 0.320 e. The van der Waals surface area contributed by atoms with Gasteiger partial charge in [-0.15, -0.1) is 20.2 Å². The maximum Gasteiger partial charge on any atom is 0.320 e. The second kappa shape index (κ2) is 21.0. The summed E-state index contributed by atoms with van der Waals surface area (Å²) in [7, 11) is 0. The van der Waals surface area contributed by atoms with Crippen LogP contribution in [0.15, 0.2) is 30.3 Å². The molecule has 0 spiro atoms. The minimum absolute atomic E-state index is 0.0696. The summed E-state index contributed by atoms with van der Waals surface area (Å²) in [4.78, 5) is 27.4. The number of carbonyl (C=O) groups is 1. The summed E-state index contributed by atoms with van der Waals surface area (Å²) in [6.45, 7) is 2.60. The summed E-state index contributed by atoms with van der Waals surface area (Å²) in [5.41, 5.74) is 17.4. The fourth-order valence-electron chi connectivity index (χ4n) is 1.82. The van der Waals surface area contributed by atoms with E-state index >= 15 is 0 Å². The van der Waals surface area contributed by atoms with Gasteiger partial charge in [-0.25, -0.2) is 0 Å². The Bertz CT molecular complexity index is 633. The number of carboxylic acids is 1. The summed E-state index contributed by atoms with van der Waals surface area (Å²) in [5, 5.41) is 40.5. The average Bonchev–Trinajstić information content (AvgIpc) is 2.66. The van der Waals surface area contributed by atoms with Crippen molar-refractivity contribution in [3.05, 3.63) is 56.1 Å². The molecule has 0 amide bonds. The third-order valence-corrected chi connectivity index (χ3v) is 2.96. The van der Waals surface area contributed by atoms with Gasteiger partial charge >= 0.3 is 5.97 Å². The molecule has 0 heterocycles. The van der Waals surface area contributed by atoms with E-state index in [0.29, 0.717) is 13.0 Å². The molecule has 1 aromatic carbocycles. The molecule has 2 atom stereocenters. The molecule has 0 fully saturated rings. The van der Waals surface area contributed by atoms with Crippen LogP contribution < -0.4 is 22.5 Å². The molecule has 0 aliphatic heterocycles. The van der Waals surface area contributed by atoms with Crippen LogP contribution >= 0.6 is 0 Å². The molecule has 0 saturated heterocycles.